The summed E-state index contributed by atoms with van der Waals surface area (Å²) in [5.74, 6) is 0.237. The fraction of sp³-hybridized carbons (Fsp3) is 0.727. The molecule has 1 aliphatic heterocycles. The van der Waals surface area contributed by atoms with Crippen molar-refractivity contribution >= 4 is 0 Å². The van der Waals surface area contributed by atoms with Crippen LogP contribution in [-0.2, 0) is 12.1 Å². The molecule has 1 aromatic heterocycles. The van der Waals surface area contributed by atoms with Crippen molar-refractivity contribution < 1.29 is 5.11 Å². The molecular formula is C11H19N3O. The summed E-state index contributed by atoms with van der Waals surface area (Å²) in [4.78, 5) is 0. The van der Waals surface area contributed by atoms with E-state index in [-0.39, 0.29) is 5.92 Å². The minimum atomic E-state index is -0.696. The van der Waals surface area contributed by atoms with Gasteiger partial charge in [0, 0.05) is 30.8 Å². The molecular weight excluding hydrogens is 190 g/mol. The van der Waals surface area contributed by atoms with Crippen molar-refractivity contribution in [3.63, 3.8) is 0 Å². The zero-order valence-corrected chi connectivity index (χ0v) is 9.40. The van der Waals surface area contributed by atoms with Gasteiger partial charge in [-0.2, -0.15) is 5.10 Å². The second kappa shape index (κ2) is 3.94. The van der Waals surface area contributed by atoms with E-state index in [1.54, 1.807) is 6.20 Å². The first-order valence-electron chi connectivity index (χ1n) is 5.63. The Balaban J connectivity index is 2.26. The molecule has 0 spiro atoms. The Morgan fingerprint density at radius 3 is 3.13 bits per heavy atom. The van der Waals surface area contributed by atoms with Crippen LogP contribution < -0.4 is 5.32 Å². The number of aliphatic hydroxyl groups is 1. The van der Waals surface area contributed by atoms with Crippen LogP contribution in [0.3, 0.4) is 0 Å². The quantitative estimate of drug-likeness (QED) is 0.754. The first-order valence-corrected chi connectivity index (χ1v) is 5.63. The van der Waals surface area contributed by atoms with Crippen LogP contribution >= 0.6 is 0 Å². The summed E-state index contributed by atoms with van der Waals surface area (Å²) in [5.41, 5.74) is 0.261. The number of rotatable bonds is 2. The molecule has 1 fully saturated rings. The zero-order chi connectivity index (χ0) is 10.9. The smallest absolute Gasteiger partial charge is 0.0976 e. The largest absolute Gasteiger partial charge is 0.385 e. The molecule has 0 aromatic carbocycles. The van der Waals surface area contributed by atoms with Gasteiger partial charge in [-0.15, -0.1) is 0 Å². The Bertz CT molecular complexity index is 336. The van der Waals surface area contributed by atoms with E-state index in [1.807, 2.05) is 17.8 Å². The van der Waals surface area contributed by atoms with Crippen LogP contribution in [0.5, 0.6) is 0 Å². The lowest BCUT2D eigenvalue weighted by atomic mass is 9.79. The Morgan fingerprint density at radius 1 is 1.73 bits per heavy atom. The van der Waals surface area contributed by atoms with Gasteiger partial charge in [0.15, 0.2) is 0 Å². The minimum Gasteiger partial charge on any atom is -0.385 e. The van der Waals surface area contributed by atoms with E-state index in [1.165, 1.54) is 0 Å². The molecule has 4 nitrogen and oxygen atoms in total. The molecule has 1 aliphatic rings. The standard InChI is InChI=1S/C11H19N3O/c1-3-14-8-10(7-13-14)11(15)4-5-12-6-9(11)2/h7-9,12,15H,3-6H2,1-2H3. The lowest BCUT2D eigenvalue weighted by Gasteiger charge is -2.37. The SMILES string of the molecule is CCn1cc(C2(O)CCNCC2C)cn1. The van der Waals surface area contributed by atoms with Gasteiger partial charge in [0.1, 0.15) is 0 Å². The van der Waals surface area contributed by atoms with Gasteiger partial charge in [-0.25, -0.2) is 0 Å². The van der Waals surface area contributed by atoms with Crippen LogP contribution in [0.4, 0.5) is 0 Å². The van der Waals surface area contributed by atoms with Crippen molar-refractivity contribution in [2.24, 2.45) is 5.92 Å². The molecule has 0 aliphatic carbocycles. The Morgan fingerprint density at radius 2 is 2.53 bits per heavy atom. The highest BCUT2D eigenvalue weighted by molar-refractivity contribution is 5.18. The van der Waals surface area contributed by atoms with Crippen molar-refractivity contribution in [3.8, 4) is 0 Å². The fourth-order valence-corrected chi connectivity index (χ4v) is 2.20. The zero-order valence-electron chi connectivity index (χ0n) is 9.40. The molecule has 2 atom stereocenters. The van der Waals surface area contributed by atoms with E-state index in [0.717, 1.165) is 31.6 Å². The number of nitrogens with one attached hydrogen (secondary N) is 1. The Hall–Kier alpha value is -0.870. The molecule has 2 unspecified atom stereocenters. The maximum Gasteiger partial charge on any atom is 0.0976 e. The summed E-state index contributed by atoms with van der Waals surface area (Å²) < 4.78 is 1.86. The average molecular weight is 209 g/mol. The van der Waals surface area contributed by atoms with E-state index >= 15 is 0 Å². The van der Waals surface area contributed by atoms with Crippen molar-refractivity contribution in [2.45, 2.75) is 32.4 Å². The first-order chi connectivity index (χ1) is 7.16. The number of piperidine rings is 1. The highest BCUT2D eigenvalue weighted by Gasteiger charge is 2.38. The summed E-state index contributed by atoms with van der Waals surface area (Å²) in [6, 6.07) is 0. The lowest BCUT2D eigenvalue weighted by molar-refractivity contribution is -0.0392. The maximum absolute atomic E-state index is 10.6. The summed E-state index contributed by atoms with van der Waals surface area (Å²) in [7, 11) is 0. The van der Waals surface area contributed by atoms with Crippen molar-refractivity contribution in [1.29, 1.82) is 0 Å². The van der Waals surface area contributed by atoms with Gasteiger partial charge in [-0.1, -0.05) is 6.92 Å². The van der Waals surface area contributed by atoms with Crippen LogP contribution in [0.15, 0.2) is 12.4 Å². The van der Waals surface area contributed by atoms with E-state index in [2.05, 4.69) is 17.3 Å². The number of hydrogen-bond donors (Lipinski definition) is 2. The third kappa shape index (κ3) is 1.79. The van der Waals surface area contributed by atoms with Crippen molar-refractivity contribution in [1.82, 2.24) is 15.1 Å². The van der Waals surface area contributed by atoms with Crippen molar-refractivity contribution in [2.75, 3.05) is 13.1 Å². The predicted molar refractivity (Wildman–Crippen MR) is 58.4 cm³/mol. The van der Waals surface area contributed by atoms with E-state index < -0.39 is 5.60 Å². The third-order valence-corrected chi connectivity index (χ3v) is 3.41. The summed E-state index contributed by atoms with van der Waals surface area (Å²) in [6.45, 7) is 6.72. The highest BCUT2D eigenvalue weighted by Crippen LogP contribution is 2.34. The molecule has 2 N–H and O–H groups in total. The van der Waals surface area contributed by atoms with Crippen LogP contribution in [0.25, 0.3) is 0 Å². The van der Waals surface area contributed by atoms with Crippen LogP contribution in [0.2, 0.25) is 0 Å². The van der Waals surface area contributed by atoms with Gasteiger partial charge >= 0.3 is 0 Å². The summed E-state index contributed by atoms with van der Waals surface area (Å²) >= 11 is 0. The van der Waals surface area contributed by atoms with Crippen LogP contribution in [0.1, 0.15) is 25.8 Å². The van der Waals surface area contributed by atoms with E-state index in [4.69, 9.17) is 0 Å². The molecule has 4 heteroatoms. The molecule has 0 amide bonds. The van der Waals surface area contributed by atoms with Crippen LogP contribution in [0, 0.1) is 5.92 Å². The summed E-state index contributed by atoms with van der Waals surface area (Å²) in [5, 5.41) is 18.1. The minimum absolute atomic E-state index is 0.237. The Labute approximate surface area is 90.3 Å². The molecule has 0 radical (unpaired) electrons. The topological polar surface area (TPSA) is 50.1 Å². The second-order valence-corrected chi connectivity index (χ2v) is 4.36. The van der Waals surface area contributed by atoms with Gasteiger partial charge in [0.05, 0.1) is 11.8 Å². The fourth-order valence-electron chi connectivity index (χ4n) is 2.20. The van der Waals surface area contributed by atoms with Gasteiger partial charge in [0.25, 0.3) is 0 Å². The van der Waals surface area contributed by atoms with Gasteiger partial charge in [-0.05, 0) is 19.9 Å². The molecule has 0 bridgehead atoms. The third-order valence-electron chi connectivity index (χ3n) is 3.41. The molecule has 0 saturated carbocycles. The summed E-state index contributed by atoms with van der Waals surface area (Å²) in [6.07, 6.45) is 4.52. The van der Waals surface area contributed by atoms with E-state index in [0.29, 0.717) is 0 Å². The molecule has 2 rings (SSSR count). The number of aryl methyl sites for hydroxylation is 1. The molecule has 1 aromatic rings. The van der Waals surface area contributed by atoms with Gasteiger partial charge in [-0.3, -0.25) is 4.68 Å². The highest BCUT2D eigenvalue weighted by atomic mass is 16.3. The molecule has 15 heavy (non-hydrogen) atoms. The van der Waals surface area contributed by atoms with Crippen molar-refractivity contribution in [3.05, 3.63) is 18.0 Å². The average Bonchev–Trinajstić information content (AvgIpc) is 2.71. The monoisotopic (exact) mass is 209 g/mol. The predicted octanol–water partition coefficient (Wildman–Crippen LogP) is 0.720. The first kappa shape index (κ1) is 10.6. The van der Waals surface area contributed by atoms with Gasteiger partial charge < -0.3 is 10.4 Å². The maximum atomic E-state index is 10.6. The molecule has 1 saturated heterocycles. The van der Waals surface area contributed by atoms with E-state index in [9.17, 15) is 5.11 Å². The Kier molecular flexibility index (Phi) is 2.80. The number of aromatic nitrogens is 2. The molecule has 84 valence electrons. The number of hydrogen-bond acceptors (Lipinski definition) is 3. The normalized spacial score (nSPS) is 31.8. The number of nitrogens with zero attached hydrogens (tertiary/aromatic N) is 2. The second-order valence-electron chi connectivity index (χ2n) is 4.36. The lowest BCUT2D eigenvalue weighted by Crippen LogP contribution is -2.46. The van der Waals surface area contributed by atoms with Gasteiger partial charge in [0.2, 0.25) is 0 Å². The molecule has 2 heterocycles. The van der Waals surface area contributed by atoms with Crippen LogP contribution in [-0.4, -0.2) is 28.0 Å².